The number of likely N-dealkylation sites (tertiary alicyclic amines) is 1. The van der Waals surface area contributed by atoms with Crippen molar-refractivity contribution >= 4 is 0 Å². The van der Waals surface area contributed by atoms with E-state index in [1.54, 1.807) is 0 Å². The molecule has 3 heteroatoms. The molecule has 0 amide bonds. The Balaban J connectivity index is 1.83. The van der Waals surface area contributed by atoms with Crippen molar-refractivity contribution in [1.82, 2.24) is 4.90 Å². The van der Waals surface area contributed by atoms with Crippen molar-refractivity contribution in [3.63, 3.8) is 0 Å². The first-order chi connectivity index (χ1) is 6.70. The molecule has 0 aromatic rings. The van der Waals surface area contributed by atoms with Crippen molar-refractivity contribution in [3.8, 4) is 6.07 Å². The Morgan fingerprint density at radius 3 is 2.64 bits per heavy atom. The van der Waals surface area contributed by atoms with E-state index in [4.69, 9.17) is 11.0 Å². The highest BCUT2D eigenvalue weighted by Gasteiger charge is 2.35. The molecular weight excluding hydrogens is 174 g/mol. The summed E-state index contributed by atoms with van der Waals surface area (Å²) >= 11 is 0. The van der Waals surface area contributed by atoms with Gasteiger partial charge in [0.05, 0.1) is 12.0 Å². The summed E-state index contributed by atoms with van der Waals surface area (Å²) in [5, 5.41) is 9.02. The van der Waals surface area contributed by atoms with Crippen LogP contribution in [0.5, 0.6) is 0 Å². The molecule has 1 heterocycles. The molecule has 2 rings (SSSR count). The summed E-state index contributed by atoms with van der Waals surface area (Å²) in [6.45, 7) is 5.19. The van der Waals surface area contributed by atoms with Gasteiger partial charge >= 0.3 is 0 Å². The third-order valence-electron chi connectivity index (χ3n) is 3.56. The van der Waals surface area contributed by atoms with Gasteiger partial charge in [-0.3, -0.25) is 0 Å². The number of nitrogens with zero attached hydrogens (tertiary/aromatic N) is 2. The quantitative estimate of drug-likeness (QED) is 0.722. The van der Waals surface area contributed by atoms with Gasteiger partial charge < -0.3 is 10.6 Å². The number of rotatable bonds is 3. The Morgan fingerprint density at radius 1 is 1.50 bits per heavy atom. The van der Waals surface area contributed by atoms with Crippen LogP contribution >= 0.6 is 0 Å². The molecule has 1 saturated heterocycles. The Hall–Kier alpha value is -0.590. The van der Waals surface area contributed by atoms with Gasteiger partial charge in [-0.1, -0.05) is 6.92 Å². The molecule has 3 unspecified atom stereocenters. The standard InChI is InChI=1S/C11H19N3/c1-8-5-14(7-11(8)13)6-10(4-12)9-2-3-9/h8-11H,2-3,5-7,13H2,1H3. The van der Waals surface area contributed by atoms with Crippen LogP contribution in [0, 0.1) is 29.1 Å². The normalized spacial score (nSPS) is 35.5. The molecule has 1 saturated carbocycles. The molecule has 3 nitrogen and oxygen atoms in total. The van der Waals surface area contributed by atoms with Crippen LogP contribution in [0.2, 0.25) is 0 Å². The summed E-state index contributed by atoms with van der Waals surface area (Å²) in [6, 6.07) is 2.75. The molecule has 14 heavy (non-hydrogen) atoms. The molecule has 0 bridgehead atoms. The second-order valence-corrected chi connectivity index (χ2v) is 4.93. The van der Waals surface area contributed by atoms with Crippen LogP contribution in [-0.2, 0) is 0 Å². The lowest BCUT2D eigenvalue weighted by molar-refractivity contribution is 0.283. The molecule has 2 N–H and O–H groups in total. The average Bonchev–Trinajstić information content (AvgIpc) is 2.92. The number of hydrogen-bond acceptors (Lipinski definition) is 3. The number of hydrogen-bond donors (Lipinski definition) is 1. The highest BCUT2D eigenvalue weighted by molar-refractivity contribution is 4.97. The van der Waals surface area contributed by atoms with E-state index in [1.807, 2.05) is 0 Å². The first-order valence-corrected chi connectivity index (χ1v) is 5.58. The molecule has 3 atom stereocenters. The zero-order valence-electron chi connectivity index (χ0n) is 8.82. The van der Waals surface area contributed by atoms with Crippen molar-refractivity contribution < 1.29 is 0 Å². The van der Waals surface area contributed by atoms with E-state index in [9.17, 15) is 0 Å². The van der Waals surface area contributed by atoms with Crippen molar-refractivity contribution in [2.75, 3.05) is 19.6 Å². The van der Waals surface area contributed by atoms with E-state index in [1.165, 1.54) is 12.8 Å². The maximum atomic E-state index is 9.02. The minimum Gasteiger partial charge on any atom is -0.326 e. The monoisotopic (exact) mass is 193 g/mol. The highest BCUT2D eigenvalue weighted by Crippen LogP contribution is 2.37. The third kappa shape index (κ3) is 2.08. The van der Waals surface area contributed by atoms with Crippen LogP contribution in [0.4, 0.5) is 0 Å². The van der Waals surface area contributed by atoms with Crippen molar-refractivity contribution in [1.29, 1.82) is 5.26 Å². The lowest BCUT2D eigenvalue weighted by Gasteiger charge is -2.18. The minimum atomic E-state index is 0.257. The van der Waals surface area contributed by atoms with E-state index in [2.05, 4.69) is 17.9 Å². The number of nitrogens with two attached hydrogens (primary N) is 1. The summed E-state index contributed by atoms with van der Waals surface area (Å²) in [6.07, 6.45) is 2.52. The molecular formula is C11H19N3. The summed E-state index contributed by atoms with van der Waals surface area (Å²) in [4.78, 5) is 2.36. The lowest BCUT2D eigenvalue weighted by atomic mass is 10.1. The van der Waals surface area contributed by atoms with E-state index in [0.29, 0.717) is 17.9 Å². The van der Waals surface area contributed by atoms with Gasteiger partial charge in [0.25, 0.3) is 0 Å². The zero-order chi connectivity index (χ0) is 10.1. The maximum absolute atomic E-state index is 9.02. The second kappa shape index (κ2) is 3.88. The third-order valence-corrected chi connectivity index (χ3v) is 3.56. The van der Waals surface area contributed by atoms with E-state index in [-0.39, 0.29) is 5.92 Å². The first-order valence-electron chi connectivity index (χ1n) is 5.58. The molecule has 0 spiro atoms. The van der Waals surface area contributed by atoms with E-state index in [0.717, 1.165) is 19.6 Å². The molecule has 2 aliphatic rings. The topological polar surface area (TPSA) is 53.0 Å². The van der Waals surface area contributed by atoms with Crippen LogP contribution in [0.3, 0.4) is 0 Å². The lowest BCUT2D eigenvalue weighted by Crippen LogP contribution is -2.31. The molecule has 1 aliphatic heterocycles. The summed E-state index contributed by atoms with van der Waals surface area (Å²) in [5.74, 6) is 1.54. The molecule has 0 aromatic heterocycles. The van der Waals surface area contributed by atoms with Gasteiger partial charge in [0.15, 0.2) is 0 Å². The van der Waals surface area contributed by atoms with Crippen molar-refractivity contribution in [2.45, 2.75) is 25.8 Å². The van der Waals surface area contributed by atoms with Crippen LogP contribution in [-0.4, -0.2) is 30.6 Å². The predicted molar refractivity (Wildman–Crippen MR) is 55.4 cm³/mol. The van der Waals surface area contributed by atoms with Crippen molar-refractivity contribution in [3.05, 3.63) is 0 Å². The van der Waals surface area contributed by atoms with Gasteiger partial charge in [0.2, 0.25) is 0 Å². The Kier molecular flexibility index (Phi) is 2.76. The largest absolute Gasteiger partial charge is 0.326 e. The molecule has 78 valence electrons. The Morgan fingerprint density at radius 2 is 2.21 bits per heavy atom. The Labute approximate surface area is 85.9 Å². The fourth-order valence-electron chi connectivity index (χ4n) is 2.32. The van der Waals surface area contributed by atoms with Gasteiger partial charge in [-0.05, 0) is 24.7 Å². The smallest absolute Gasteiger partial charge is 0.0672 e. The van der Waals surface area contributed by atoms with Gasteiger partial charge in [0, 0.05) is 25.7 Å². The second-order valence-electron chi connectivity index (χ2n) is 4.93. The minimum absolute atomic E-state index is 0.257. The summed E-state index contributed by atoms with van der Waals surface area (Å²) < 4.78 is 0. The number of nitriles is 1. The first kappa shape index (κ1) is 9.95. The molecule has 2 fully saturated rings. The Bertz CT molecular complexity index is 231. The molecule has 0 aromatic carbocycles. The molecule has 1 aliphatic carbocycles. The van der Waals surface area contributed by atoms with Gasteiger partial charge in [-0.25, -0.2) is 0 Å². The molecule has 0 radical (unpaired) electrons. The predicted octanol–water partition coefficient (Wildman–Crippen LogP) is 0.815. The van der Waals surface area contributed by atoms with Crippen LogP contribution < -0.4 is 5.73 Å². The van der Waals surface area contributed by atoms with Crippen molar-refractivity contribution in [2.24, 2.45) is 23.5 Å². The van der Waals surface area contributed by atoms with Gasteiger partial charge in [-0.2, -0.15) is 5.26 Å². The van der Waals surface area contributed by atoms with E-state index < -0.39 is 0 Å². The summed E-state index contributed by atoms with van der Waals surface area (Å²) in [5.41, 5.74) is 5.95. The van der Waals surface area contributed by atoms with Crippen LogP contribution in [0.15, 0.2) is 0 Å². The summed E-state index contributed by atoms with van der Waals surface area (Å²) in [7, 11) is 0. The fraction of sp³-hybridized carbons (Fsp3) is 0.909. The van der Waals surface area contributed by atoms with Gasteiger partial charge in [0.1, 0.15) is 0 Å². The van der Waals surface area contributed by atoms with Crippen LogP contribution in [0.25, 0.3) is 0 Å². The SMILES string of the molecule is CC1CN(CC(C#N)C2CC2)CC1N. The van der Waals surface area contributed by atoms with Gasteiger partial charge in [-0.15, -0.1) is 0 Å². The average molecular weight is 193 g/mol. The fourth-order valence-corrected chi connectivity index (χ4v) is 2.32. The van der Waals surface area contributed by atoms with Crippen LogP contribution in [0.1, 0.15) is 19.8 Å². The highest BCUT2D eigenvalue weighted by atomic mass is 15.2. The maximum Gasteiger partial charge on any atom is 0.0672 e. The zero-order valence-corrected chi connectivity index (χ0v) is 8.82. The van der Waals surface area contributed by atoms with E-state index >= 15 is 0 Å².